The van der Waals surface area contributed by atoms with Crippen LogP contribution in [0.5, 0.6) is 5.75 Å². The second-order valence-electron chi connectivity index (χ2n) is 5.09. The molecule has 0 saturated heterocycles. The predicted molar refractivity (Wildman–Crippen MR) is 77.8 cm³/mol. The Morgan fingerprint density at radius 1 is 1.19 bits per heavy atom. The van der Waals surface area contributed by atoms with E-state index in [2.05, 4.69) is 6.07 Å². The van der Waals surface area contributed by atoms with E-state index in [0.29, 0.717) is 18.7 Å². The van der Waals surface area contributed by atoms with E-state index in [1.807, 2.05) is 18.2 Å². The largest absolute Gasteiger partial charge is 0.494 e. The molecule has 0 bridgehead atoms. The number of halogens is 1. The van der Waals surface area contributed by atoms with E-state index in [1.165, 1.54) is 24.8 Å². The number of benzene rings is 2. The van der Waals surface area contributed by atoms with Crippen LogP contribution in [0.2, 0.25) is 0 Å². The van der Waals surface area contributed by atoms with Crippen molar-refractivity contribution in [1.82, 2.24) is 4.90 Å². The zero-order valence-electron chi connectivity index (χ0n) is 11.8. The molecule has 1 aliphatic rings. The number of methoxy groups -OCH3 is 1. The molecule has 21 heavy (non-hydrogen) atoms. The Labute approximate surface area is 123 Å². The van der Waals surface area contributed by atoms with Crippen molar-refractivity contribution in [3.05, 3.63) is 65.0 Å². The fraction of sp³-hybridized carbons (Fsp3) is 0.235. The summed E-state index contributed by atoms with van der Waals surface area (Å²) in [5.74, 6) is -0.512. The average Bonchev–Trinajstić information content (AvgIpc) is 2.53. The molecule has 0 aromatic heterocycles. The highest BCUT2D eigenvalue weighted by Gasteiger charge is 2.22. The number of fused-ring (bicyclic) bond motifs is 1. The molecule has 3 nitrogen and oxygen atoms in total. The fourth-order valence-electron chi connectivity index (χ4n) is 2.65. The van der Waals surface area contributed by atoms with Crippen molar-refractivity contribution < 1.29 is 13.9 Å². The summed E-state index contributed by atoms with van der Waals surface area (Å²) in [6.45, 7) is 1.23. The molecule has 1 amide bonds. The van der Waals surface area contributed by atoms with Crippen LogP contribution in [-0.4, -0.2) is 24.5 Å². The molecule has 4 heteroatoms. The quantitative estimate of drug-likeness (QED) is 0.849. The van der Waals surface area contributed by atoms with Gasteiger partial charge < -0.3 is 9.64 Å². The van der Waals surface area contributed by atoms with E-state index in [0.717, 1.165) is 12.0 Å². The summed E-state index contributed by atoms with van der Waals surface area (Å²) in [4.78, 5) is 14.2. The zero-order valence-corrected chi connectivity index (χ0v) is 11.8. The average molecular weight is 285 g/mol. The van der Waals surface area contributed by atoms with Crippen LogP contribution in [0.3, 0.4) is 0 Å². The van der Waals surface area contributed by atoms with E-state index in [4.69, 9.17) is 4.74 Å². The van der Waals surface area contributed by atoms with E-state index < -0.39 is 5.82 Å². The molecule has 0 saturated carbocycles. The van der Waals surface area contributed by atoms with Crippen LogP contribution in [0.1, 0.15) is 21.5 Å². The number of hydrogen-bond acceptors (Lipinski definition) is 2. The van der Waals surface area contributed by atoms with Crippen molar-refractivity contribution in [3.63, 3.8) is 0 Å². The van der Waals surface area contributed by atoms with Crippen LogP contribution in [0.15, 0.2) is 42.5 Å². The Balaban J connectivity index is 1.82. The fourth-order valence-corrected chi connectivity index (χ4v) is 2.65. The first-order valence-electron chi connectivity index (χ1n) is 6.88. The molecule has 0 aliphatic carbocycles. The number of carbonyl (C=O) groups excluding carboxylic acids is 1. The Morgan fingerprint density at radius 2 is 1.95 bits per heavy atom. The minimum Gasteiger partial charge on any atom is -0.494 e. The van der Waals surface area contributed by atoms with Crippen molar-refractivity contribution in [2.24, 2.45) is 0 Å². The standard InChI is InChI=1S/C17H16FNO2/c1-21-16-7-6-13(10-15(16)18)17(20)19-9-8-12-4-2-3-5-14(12)11-19/h2-7,10H,8-9,11H2,1H3. The second-order valence-corrected chi connectivity index (χ2v) is 5.09. The van der Waals surface area contributed by atoms with Gasteiger partial charge in [-0.1, -0.05) is 24.3 Å². The molecule has 3 rings (SSSR count). The number of hydrogen-bond donors (Lipinski definition) is 0. The molecule has 2 aromatic rings. The summed E-state index contributed by atoms with van der Waals surface area (Å²) in [6, 6.07) is 12.4. The third kappa shape index (κ3) is 2.61. The summed E-state index contributed by atoms with van der Waals surface area (Å²) in [6.07, 6.45) is 0.834. The molecule has 2 aromatic carbocycles. The number of carbonyl (C=O) groups is 1. The minimum absolute atomic E-state index is 0.147. The Morgan fingerprint density at radius 3 is 2.67 bits per heavy atom. The summed E-state index contributed by atoms with van der Waals surface area (Å²) >= 11 is 0. The van der Waals surface area contributed by atoms with E-state index in [1.54, 1.807) is 11.0 Å². The predicted octanol–water partition coefficient (Wildman–Crippen LogP) is 3.03. The van der Waals surface area contributed by atoms with Gasteiger partial charge in [0.2, 0.25) is 0 Å². The van der Waals surface area contributed by atoms with Gasteiger partial charge in [0.05, 0.1) is 7.11 Å². The lowest BCUT2D eigenvalue weighted by molar-refractivity contribution is 0.0734. The first-order chi connectivity index (χ1) is 10.2. The van der Waals surface area contributed by atoms with Crippen LogP contribution in [0, 0.1) is 5.82 Å². The normalized spacial score (nSPS) is 13.7. The molecule has 108 valence electrons. The SMILES string of the molecule is COc1ccc(C(=O)N2CCc3ccccc3C2)cc1F. The van der Waals surface area contributed by atoms with Crippen molar-refractivity contribution in [2.75, 3.05) is 13.7 Å². The summed E-state index contributed by atoms with van der Waals surface area (Å²) in [7, 11) is 1.40. The first-order valence-corrected chi connectivity index (χ1v) is 6.88. The maximum atomic E-state index is 13.7. The van der Waals surface area contributed by atoms with Crippen LogP contribution in [-0.2, 0) is 13.0 Å². The maximum Gasteiger partial charge on any atom is 0.254 e. The van der Waals surface area contributed by atoms with Gasteiger partial charge in [-0.05, 0) is 35.7 Å². The highest BCUT2D eigenvalue weighted by atomic mass is 19.1. The van der Waals surface area contributed by atoms with Gasteiger partial charge in [-0.25, -0.2) is 4.39 Å². The van der Waals surface area contributed by atoms with Gasteiger partial charge in [0, 0.05) is 18.7 Å². The van der Waals surface area contributed by atoms with Gasteiger partial charge in [-0.3, -0.25) is 4.79 Å². The van der Waals surface area contributed by atoms with Crippen molar-refractivity contribution >= 4 is 5.91 Å². The Kier molecular flexibility index (Phi) is 3.60. The van der Waals surface area contributed by atoms with E-state index >= 15 is 0 Å². The Bertz CT molecular complexity index is 684. The molecular formula is C17H16FNO2. The molecule has 0 atom stereocenters. The Hall–Kier alpha value is -2.36. The van der Waals surface area contributed by atoms with Gasteiger partial charge in [-0.15, -0.1) is 0 Å². The van der Waals surface area contributed by atoms with Crippen molar-refractivity contribution in [2.45, 2.75) is 13.0 Å². The second kappa shape index (κ2) is 5.56. The minimum atomic E-state index is -0.513. The summed E-state index contributed by atoms with van der Waals surface area (Å²) in [5.41, 5.74) is 2.79. The number of ether oxygens (including phenoxy) is 1. The van der Waals surface area contributed by atoms with Gasteiger partial charge in [0.1, 0.15) is 0 Å². The lowest BCUT2D eigenvalue weighted by atomic mass is 9.99. The topological polar surface area (TPSA) is 29.5 Å². The smallest absolute Gasteiger partial charge is 0.254 e. The molecule has 0 spiro atoms. The van der Waals surface area contributed by atoms with Gasteiger partial charge in [0.15, 0.2) is 11.6 Å². The molecule has 0 radical (unpaired) electrons. The van der Waals surface area contributed by atoms with E-state index in [-0.39, 0.29) is 11.7 Å². The van der Waals surface area contributed by atoms with Gasteiger partial charge in [0.25, 0.3) is 5.91 Å². The molecule has 1 heterocycles. The lowest BCUT2D eigenvalue weighted by Gasteiger charge is -2.29. The summed E-state index contributed by atoms with van der Waals surface area (Å²) < 4.78 is 18.6. The highest BCUT2D eigenvalue weighted by Crippen LogP contribution is 2.22. The van der Waals surface area contributed by atoms with Gasteiger partial charge >= 0.3 is 0 Å². The highest BCUT2D eigenvalue weighted by molar-refractivity contribution is 5.94. The third-order valence-electron chi connectivity index (χ3n) is 3.82. The van der Waals surface area contributed by atoms with Crippen LogP contribution in [0.25, 0.3) is 0 Å². The molecule has 0 fully saturated rings. The van der Waals surface area contributed by atoms with Crippen molar-refractivity contribution in [3.8, 4) is 5.75 Å². The van der Waals surface area contributed by atoms with Crippen LogP contribution in [0.4, 0.5) is 4.39 Å². The molecule has 0 N–H and O–H groups in total. The number of rotatable bonds is 2. The third-order valence-corrected chi connectivity index (χ3v) is 3.82. The monoisotopic (exact) mass is 285 g/mol. The lowest BCUT2D eigenvalue weighted by Crippen LogP contribution is -2.35. The zero-order chi connectivity index (χ0) is 14.8. The van der Waals surface area contributed by atoms with E-state index in [9.17, 15) is 9.18 Å². The van der Waals surface area contributed by atoms with Crippen LogP contribution >= 0.6 is 0 Å². The number of amides is 1. The summed E-state index contributed by atoms with van der Waals surface area (Å²) in [5, 5.41) is 0. The molecule has 1 aliphatic heterocycles. The molecule has 0 unspecified atom stereocenters. The van der Waals surface area contributed by atoms with Crippen LogP contribution < -0.4 is 4.74 Å². The van der Waals surface area contributed by atoms with Gasteiger partial charge in [-0.2, -0.15) is 0 Å². The first kappa shape index (κ1) is 13.6. The maximum absolute atomic E-state index is 13.7. The van der Waals surface area contributed by atoms with Crippen molar-refractivity contribution in [1.29, 1.82) is 0 Å². The number of nitrogens with zero attached hydrogens (tertiary/aromatic N) is 1. The molecular weight excluding hydrogens is 269 g/mol.